The standard InChI is InChI=1S/C18H26N4O.HI/c1-5-16-15(17(6-2)23-21-16)13-20-18(22(3)4)19-12-14-10-8-7-9-11-14;/h7-11H,5-6,12-13H2,1-4H3,(H,19,20);1H. The molecule has 1 N–H and O–H groups in total. The van der Waals surface area contributed by atoms with Gasteiger partial charge in [-0.15, -0.1) is 24.0 Å². The summed E-state index contributed by atoms with van der Waals surface area (Å²) in [6.07, 6.45) is 1.72. The number of benzene rings is 1. The van der Waals surface area contributed by atoms with Gasteiger partial charge >= 0.3 is 0 Å². The lowest BCUT2D eigenvalue weighted by atomic mass is 10.1. The topological polar surface area (TPSA) is 53.7 Å². The second-order valence-corrected chi connectivity index (χ2v) is 5.61. The Labute approximate surface area is 161 Å². The molecule has 5 nitrogen and oxygen atoms in total. The van der Waals surface area contributed by atoms with E-state index in [2.05, 4.69) is 41.4 Å². The number of halogens is 1. The molecule has 2 rings (SSSR count). The van der Waals surface area contributed by atoms with Crippen molar-refractivity contribution in [2.24, 2.45) is 4.99 Å². The van der Waals surface area contributed by atoms with Crippen LogP contribution >= 0.6 is 24.0 Å². The fraction of sp³-hybridized carbons (Fsp3) is 0.444. The van der Waals surface area contributed by atoms with Gasteiger partial charge in [0.25, 0.3) is 0 Å². The molecule has 6 heteroatoms. The average Bonchev–Trinajstić information content (AvgIpc) is 2.97. The molecule has 0 radical (unpaired) electrons. The molecule has 0 fully saturated rings. The summed E-state index contributed by atoms with van der Waals surface area (Å²) >= 11 is 0. The van der Waals surface area contributed by atoms with E-state index in [0.29, 0.717) is 13.1 Å². The van der Waals surface area contributed by atoms with E-state index in [1.807, 2.05) is 37.2 Å². The number of nitrogens with one attached hydrogen (secondary N) is 1. The Hall–Kier alpha value is -1.57. The predicted octanol–water partition coefficient (Wildman–Crippen LogP) is 3.62. The minimum absolute atomic E-state index is 0. The van der Waals surface area contributed by atoms with Gasteiger partial charge in [0.1, 0.15) is 5.76 Å². The number of aromatic nitrogens is 1. The summed E-state index contributed by atoms with van der Waals surface area (Å²) in [5.74, 6) is 1.81. The third kappa shape index (κ3) is 5.51. The van der Waals surface area contributed by atoms with Gasteiger partial charge in [-0.05, 0) is 12.0 Å². The van der Waals surface area contributed by atoms with E-state index in [1.54, 1.807) is 0 Å². The van der Waals surface area contributed by atoms with Gasteiger partial charge in [0.15, 0.2) is 5.96 Å². The number of guanidine groups is 1. The number of aryl methyl sites for hydroxylation is 2. The maximum atomic E-state index is 5.41. The van der Waals surface area contributed by atoms with Gasteiger partial charge in [-0.1, -0.05) is 49.3 Å². The fourth-order valence-electron chi connectivity index (χ4n) is 2.41. The Balaban J connectivity index is 0.00000288. The molecule has 1 aromatic carbocycles. The third-order valence-corrected chi connectivity index (χ3v) is 3.71. The highest BCUT2D eigenvalue weighted by atomic mass is 127. The normalized spacial score (nSPS) is 11.1. The minimum Gasteiger partial charge on any atom is -0.361 e. The molecule has 0 saturated heterocycles. The molecule has 132 valence electrons. The first kappa shape index (κ1) is 20.5. The highest BCUT2D eigenvalue weighted by molar-refractivity contribution is 14.0. The van der Waals surface area contributed by atoms with E-state index in [9.17, 15) is 0 Å². The summed E-state index contributed by atoms with van der Waals surface area (Å²) in [5.41, 5.74) is 3.38. The Kier molecular flexibility index (Phi) is 8.81. The van der Waals surface area contributed by atoms with Crippen LogP contribution in [0.5, 0.6) is 0 Å². The van der Waals surface area contributed by atoms with Gasteiger partial charge in [-0.3, -0.25) is 0 Å². The Morgan fingerprint density at radius 1 is 1.17 bits per heavy atom. The van der Waals surface area contributed by atoms with E-state index >= 15 is 0 Å². The van der Waals surface area contributed by atoms with Crippen LogP contribution in [0.15, 0.2) is 39.8 Å². The van der Waals surface area contributed by atoms with Crippen molar-refractivity contribution in [3.63, 3.8) is 0 Å². The fourth-order valence-corrected chi connectivity index (χ4v) is 2.41. The molecule has 0 saturated carbocycles. The summed E-state index contributed by atoms with van der Waals surface area (Å²) in [6.45, 7) is 5.52. The summed E-state index contributed by atoms with van der Waals surface area (Å²) in [5, 5.41) is 7.57. The van der Waals surface area contributed by atoms with Gasteiger partial charge in [0, 0.05) is 32.6 Å². The zero-order chi connectivity index (χ0) is 16.7. The molecular weight excluding hydrogens is 415 g/mol. The molecule has 0 unspecified atom stereocenters. The molecule has 24 heavy (non-hydrogen) atoms. The maximum Gasteiger partial charge on any atom is 0.194 e. The molecule has 0 aliphatic rings. The number of aliphatic imine (C=N–C) groups is 1. The lowest BCUT2D eigenvalue weighted by Crippen LogP contribution is -2.36. The first-order valence-corrected chi connectivity index (χ1v) is 8.11. The van der Waals surface area contributed by atoms with Crippen molar-refractivity contribution in [3.8, 4) is 0 Å². The van der Waals surface area contributed by atoms with E-state index in [1.165, 1.54) is 5.56 Å². The smallest absolute Gasteiger partial charge is 0.194 e. The van der Waals surface area contributed by atoms with Gasteiger partial charge in [0.2, 0.25) is 0 Å². The predicted molar refractivity (Wildman–Crippen MR) is 109 cm³/mol. The van der Waals surface area contributed by atoms with Crippen LogP contribution in [-0.2, 0) is 25.9 Å². The Morgan fingerprint density at radius 3 is 2.46 bits per heavy atom. The van der Waals surface area contributed by atoms with E-state index in [0.717, 1.165) is 35.8 Å². The molecule has 0 aliphatic carbocycles. The van der Waals surface area contributed by atoms with Crippen LogP contribution in [0.3, 0.4) is 0 Å². The number of hydrogen-bond acceptors (Lipinski definition) is 3. The molecule has 0 spiro atoms. The van der Waals surface area contributed by atoms with Crippen LogP contribution in [0.4, 0.5) is 0 Å². The van der Waals surface area contributed by atoms with Gasteiger partial charge in [-0.25, -0.2) is 4.99 Å². The van der Waals surface area contributed by atoms with Crippen molar-refractivity contribution >= 4 is 29.9 Å². The van der Waals surface area contributed by atoms with Crippen LogP contribution in [0, 0.1) is 0 Å². The van der Waals surface area contributed by atoms with Crippen LogP contribution in [0.2, 0.25) is 0 Å². The molecule has 0 aliphatic heterocycles. The highest BCUT2D eigenvalue weighted by Crippen LogP contribution is 2.15. The largest absolute Gasteiger partial charge is 0.361 e. The van der Waals surface area contributed by atoms with Crippen molar-refractivity contribution in [3.05, 3.63) is 52.9 Å². The second-order valence-electron chi connectivity index (χ2n) is 5.61. The van der Waals surface area contributed by atoms with Crippen molar-refractivity contribution in [1.82, 2.24) is 15.4 Å². The summed E-state index contributed by atoms with van der Waals surface area (Å²) < 4.78 is 5.41. The van der Waals surface area contributed by atoms with Gasteiger partial charge in [-0.2, -0.15) is 0 Å². The molecule has 1 aromatic heterocycles. The van der Waals surface area contributed by atoms with Gasteiger partial charge in [0.05, 0.1) is 12.2 Å². The lowest BCUT2D eigenvalue weighted by molar-refractivity contribution is 0.380. The molecule has 1 heterocycles. The van der Waals surface area contributed by atoms with Crippen LogP contribution in [0.1, 0.15) is 36.4 Å². The quantitative estimate of drug-likeness (QED) is 0.422. The van der Waals surface area contributed by atoms with Crippen molar-refractivity contribution in [2.45, 2.75) is 39.8 Å². The van der Waals surface area contributed by atoms with E-state index in [-0.39, 0.29) is 24.0 Å². The van der Waals surface area contributed by atoms with Crippen LogP contribution < -0.4 is 5.32 Å². The summed E-state index contributed by atoms with van der Waals surface area (Å²) in [6, 6.07) is 10.3. The first-order chi connectivity index (χ1) is 11.2. The van der Waals surface area contributed by atoms with E-state index < -0.39 is 0 Å². The highest BCUT2D eigenvalue weighted by Gasteiger charge is 2.14. The summed E-state index contributed by atoms with van der Waals surface area (Å²) in [7, 11) is 3.98. The SMILES string of the molecule is CCc1noc(CC)c1CNC(=NCc1ccccc1)N(C)C.I. The molecule has 0 bridgehead atoms. The monoisotopic (exact) mass is 442 g/mol. The van der Waals surface area contributed by atoms with Crippen LogP contribution in [-0.4, -0.2) is 30.1 Å². The molecular formula is C18H27IN4O. The second kappa shape index (κ2) is 10.3. The van der Waals surface area contributed by atoms with Crippen molar-refractivity contribution in [2.75, 3.05) is 14.1 Å². The summed E-state index contributed by atoms with van der Waals surface area (Å²) in [4.78, 5) is 6.68. The molecule has 0 amide bonds. The minimum atomic E-state index is 0. The van der Waals surface area contributed by atoms with Crippen LogP contribution in [0.25, 0.3) is 0 Å². The zero-order valence-electron chi connectivity index (χ0n) is 14.9. The molecule has 0 atom stereocenters. The lowest BCUT2D eigenvalue weighted by Gasteiger charge is -2.18. The molecule has 2 aromatic rings. The Bertz CT molecular complexity index is 616. The van der Waals surface area contributed by atoms with Gasteiger partial charge < -0.3 is 14.7 Å². The number of nitrogens with zero attached hydrogens (tertiary/aromatic N) is 3. The number of rotatable bonds is 6. The van der Waals surface area contributed by atoms with Crippen molar-refractivity contribution < 1.29 is 4.52 Å². The maximum absolute atomic E-state index is 5.41. The average molecular weight is 442 g/mol. The zero-order valence-corrected chi connectivity index (χ0v) is 17.2. The third-order valence-electron chi connectivity index (χ3n) is 3.71. The Morgan fingerprint density at radius 2 is 1.88 bits per heavy atom. The first-order valence-electron chi connectivity index (χ1n) is 8.11. The number of hydrogen-bond donors (Lipinski definition) is 1. The van der Waals surface area contributed by atoms with Crippen molar-refractivity contribution in [1.29, 1.82) is 0 Å². The van der Waals surface area contributed by atoms with E-state index in [4.69, 9.17) is 4.52 Å².